The van der Waals surface area contributed by atoms with Crippen molar-refractivity contribution in [2.24, 2.45) is 0 Å². The lowest BCUT2D eigenvalue weighted by Crippen LogP contribution is -2.35. The first-order chi connectivity index (χ1) is 13.4. The number of nitrogens with zero attached hydrogens (tertiary/aromatic N) is 3. The van der Waals surface area contributed by atoms with Crippen LogP contribution in [-0.4, -0.2) is 85.1 Å². The molecule has 0 aliphatic heterocycles. The maximum atomic E-state index is 12.8. The zero-order valence-corrected chi connectivity index (χ0v) is 19.6. The number of hydrogen-bond acceptors (Lipinski definition) is 9. The SMILES string of the molecule is CN(C)CCNS(=O)(=O)c1cc([N+](=O)[O-])ccc1N(CCBr)CCOS(C)(=O)=O. The van der Waals surface area contributed by atoms with Gasteiger partial charge in [-0.25, -0.2) is 13.1 Å². The number of benzene rings is 1. The largest absolute Gasteiger partial charge is 0.367 e. The molecular formula is C15H25BrN4O7S2. The van der Waals surface area contributed by atoms with Crippen molar-refractivity contribution in [2.75, 3.05) is 63.4 Å². The summed E-state index contributed by atoms with van der Waals surface area (Å²) in [7, 11) is -4.14. The number of sulfonamides is 1. The van der Waals surface area contributed by atoms with Crippen molar-refractivity contribution in [3.8, 4) is 0 Å². The summed E-state index contributed by atoms with van der Waals surface area (Å²) in [5.74, 6) is 0. The summed E-state index contributed by atoms with van der Waals surface area (Å²) >= 11 is 3.27. The topological polar surface area (TPSA) is 139 Å². The number of nitro groups is 1. The molecule has 29 heavy (non-hydrogen) atoms. The van der Waals surface area contributed by atoms with Crippen molar-refractivity contribution in [2.45, 2.75) is 4.90 Å². The maximum Gasteiger partial charge on any atom is 0.270 e. The third-order valence-electron chi connectivity index (χ3n) is 3.65. The molecule has 0 saturated carbocycles. The predicted octanol–water partition coefficient (Wildman–Crippen LogP) is 0.612. The first-order valence-electron chi connectivity index (χ1n) is 8.45. The van der Waals surface area contributed by atoms with Gasteiger partial charge in [0.1, 0.15) is 4.90 Å². The van der Waals surface area contributed by atoms with Crippen molar-refractivity contribution in [3.63, 3.8) is 0 Å². The molecule has 0 heterocycles. The van der Waals surface area contributed by atoms with E-state index in [9.17, 15) is 26.9 Å². The van der Waals surface area contributed by atoms with Crippen LogP contribution < -0.4 is 9.62 Å². The second-order valence-corrected chi connectivity index (χ2v) is 10.5. The van der Waals surface area contributed by atoms with E-state index in [1.165, 1.54) is 12.1 Å². The molecule has 14 heteroatoms. The summed E-state index contributed by atoms with van der Waals surface area (Å²) in [5, 5.41) is 11.6. The van der Waals surface area contributed by atoms with Crippen molar-refractivity contribution in [1.82, 2.24) is 9.62 Å². The highest BCUT2D eigenvalue weighted by atomic mass is 79.9. The molecule has 0 saturated heterocycles. The number of hydrogen-bond donors (Lipinski definition) is 1. The first-order valence-corrected chi connectivity index (χ1v) is 12.9. The minimum Gasteiger partial charge on any atom is -0.367 e. The highest BCUT2D eigenvalue weighted by Gasteiger charge is 2.25. The van der Waals surface area contributed by atoms with E-state index in [0.29, 0.717) is 18.4 Å². The maximum absolute atomic E-state index is 12.8. The molecule has 1 rings (SSSR count). The van der Waals surface area contributed by atoms with Crippen LogP contribution in [-0.2, 0) is 24.3 Å². The Balaban J connectivity index is 3.29. The lowest BCUT2D eigenvalue weighted by atomic mass is 10.2. The first kappa shape index (κ1) is 25.7. The summed E-state index contributed by atoms with van der Waals surface area (Å²) in [6, 6.07) is 3.53. The molecule has 166 valence electrons. The normalized spacial score (nSPS) is 12.3. The van der Waals surface area contributed by atoms with Gasteiger partial charge in [-0.1, -0.05) is 15.9 Å². The van der Waals surface area contributed by atoms with E-state index in [0.717, 1.165) is 12.3 Å². The Morgan fingerprint density at radius 1 is 1.17 bits per heavy atom. The Morgan fingerprint density at radius 3 is 2.34 bits per heavy atom. The van der Waals surface area contributed by atoms with Crippen LogP contribution in [0.4, 0.5) is 11.4 Å². The fourth-order valence-electron chi connectivity index (χ4n) is 2.33. The third kappa shape index (κ3) is 8.92. The molecule has 0 bridgehead atoms. The summed E-state index contributed by atoms with van der Waals surface area (Å²) in [4.78, 5) is 13.6. The lowest BCUT2D eigenvalue weighted by Gasteiger charge is -2.26. The average molecular weight is 517 g/mol. The van der Waals surface area contributed by atoms with Crippen LogP contribution in [0, 0.1) is 10.1 Å². The van der Waals surface area contributed by atoms with Crippen LogP contribution in [0.15, 0.2) is 23.1 Å². The van der Waals surface area contributed by atoms with Gasteiger partial charge >= 0.3 is 0 Å². The number of anilines is 1. The monoisotopic (exact) mass is 516 g/mol. The number of rotatable bonds is 13. The van der Waals surface area contributed by atoms with Crippen molar-refractivity contribution in [3.05, 3.63) is 28.3 Å². The van der Waals surface area contributed by atoms with Crippen LogP contribution in [0.5, 0.6) is 0 Å². The van der Waals surface area contributed by atoms with Gasteiger partial charge in [0.2, 0.25) is 10.0 Å². The van der Waals surface area contributed by atoms with E-state index in [-0.39, 0.29) is 36.0 Å². The summed E-state index contributed by atoms with van der Waals surface area (Å²) in [6.07, 6.45) is 0.915. The Kier molecular flexibility index (Phi) is 9.91. The molecule has 0 aromatic heterocycles. The summed E-state index contributed by atoms with van der Waals surface area (Å²) in [5.41, 5.74) is -0.155. The van der Waals surface area contributed by atoms with E-state index in [1.807, 2.05) is 0 Å². The number of likely N-dealkylation sites (N-methyl/N-ethyl adjacent to an activating group) is 1. The molecule has 0 spiro atoms. The second-order valence-electron chi connectivity index (χ2n) is 6.31. The third-order valence-corrected chi connectivity index (χ3v) is 6.09. The van der Waals surface area contributed by atoms with E-state index in [4.69, 9.17) is 4.18 Å². The van der Waals surface area contributed by atoms with Gasteiger partial charge in [0, 0.05) is 43.6 Å². The standard InChI is InChI=1S/C15H25BrN4O7S2/c1-18(2)9-7-17-29(25,26)15-12-13(20(21)22)4-5-14(15)19(8-6-16)10-11-27-28(3,23)24/h4-5,12,17H,6-11H2,1-3H3. The highest BCUT2D eigenvalue weighted by molar-refractivity contribution is 9.09. The van der Waals surface area contributed by atoms with Crippen molar-refractivity contribution >= 4 is 47.4 Å². The second kappa shape index (κ2) is 11.2. The molecule has 1 aromatic rings. The van der Waals surface area contributed by atoms with Crippen LogP contribution in [0.1, 0.15) is 0 Å². The molecule has 0 radical (unpaired) electrons. The van der Waals surface area contributed by atoms with Crippen LogP contribution in [0.25, 0.3) is 0 Å². The molecule has 11 nitrogen and oxygen atoms in total. The zero-order chi connectivity index (χ0) is 22.2. The Bertz CT molecular complexity index is 907. The van der Waals surface area contributed by atoms with E-state index in [2.05, 4.69) is 20.7 Å². The molecule has 0 aliphatic rings. The zero-order valence-electron chi connectivity index (χ0n) is 16.4. The molecule has 1 N–H and O–H groups in total. The number of halogens is 1. The quantitative estimate of drug-likeness (QED) is 0.173. The Morgan fingerprint density at radius 2 is 1.83 bits per heavy atom. The van der Waals surface area contributed by atoms with Crippen LogP contribution in [0.2, 0.25) is 0 Å². The molecule has 1 aromatic carbocycles. The Labute approximate surface area is 179 Å². The van der Waals surface area contributed by atoms with Crippen molar-refractivity contribution < 1.29 is 25.9 Å². The molecule has 0 fully saturated rings. The molecule has 0 aliphatic carbocycles. The van der Waals surface area contributed by atoms with Gasteiger partial charge < -0.3 is 9.80 Å². The average Bonchev–Trinajstić information content (AvgIpc) is 2.59. The fraction of sp³-hybridized carbons (Fsp3) is 0.600. The molecular weight excluding hydrogens is 492 g/mol. The summed E-state index contributed by atoms with van der Waals surface area (Å²) < 4.78 is 55.2. The number of alkyl halides is 1. The number of nitro benzene ring substituents is 1. The predicted molar refractivity (Wildman–Crippen MR) is 114 cm³/mol. The minimum absolute atomic E-state index is 0.0662. The lowest BCUT2D eigenvalue weighted by molar-refractivity contribution is -0.385. The van der Waals surface area contributed by atoms with Crippen LogP contribution in [0.3, 0.4) is 0 Å². The number of non-ortho nitro benzene ring substituents is 1. The fourth-order valence-corrected chi connectivity index (χ4v) is 4.40. The van der Waals surface area contributed by atoms with Gasteiger partial charge in [-0.15, -0.1) is 0 Å². The number of nitrogens with one attached hydrogen (secondary N) is 1. The molecule has 0 unspecified atom stereocenters. The van der Waals surface area contributed by atoms with Crippen molar-refractivity contribution in [1.29, 1.82) is 0 Å². The van der Waals surface area contributed by atoms with E-state index >= 15 is 0 Å². The molecule has 0 amide bonds. The smallest absolute Gasteiger partial charge is 0.270 e. The van der Waals surface area contributed by atoms with Gasteiger partial charge in [0.25, 0.3) is 15.8 Å². The van der Waals surface area contributed by atoms with E-state index in [1.54, 1.807) is 23.9 Å². The van der Waals surface area contributed by atoms with Gasteiger partial charge in [-0.05, 0) is 20.2 Å². The van der Waals surface area contributed by atoms with Gasteiger partial charge in [0.15, 0.2) is 0 Å². The van der Waals surface area contributed by atoms with Gasteiger partial charge in [-0.3, -0.25) is 14.3 Å². The minimum atomic E-state index is -4.06. The highest BCUT2D eigenvalue weighted by Crippen LogP contribution is 2.29. The van der Waals surface area contributed by atoms with Gasteiger partial charge in [-0.2, -0.15) is 8.42 Å². The summed E-state index contributed by atoms with van der Waals surface area (Å²) in [6.45, 7) is 0.752. The van der Waals surface area contributed by atoms with Gasteiger partial charge in [0.05, 0.1) is 23.5 Å². The van der Waals surface area contributed by atoms with Crippen LogP contribution >= 0.6 is 15.9 Å². The molecule has 0 atom stereocenters. The van der Waals surface area contributed by atoms with E-state index < -0.39 is 25.1 Å². The Hall–Kier alpha value is -1.32.